The van der Waals surface area contributed by atoms with Crippen molar-refractivity contribution in [3.05, 3.63) is 0 Å². The summed E-state index contributed by atoms with van der Waals surface area (Å²) in [5, 5.41) is 0. The van der Waals surface area contributed by atoms with E-state index in [4.69, 9.17) is 4.74 Å². The van der Waals surface area contributed by atoms with Gasteiger partial charge in [-0.1, -0.05) is 0 Å². The highest BCUT2D eigenvalue weighted by Gasteiger charge is 2.23. The summed E-state index contributed by atoms with van der Waals surface area (Å²) in [4.78, 5) is 11.0. The molecule has 0 unspecified atom stereocenters. The minimum Gasteiger partial charge on any atom is -0.381 e. The van der Waals surface area contributed by atoms with Crippen LogP contribution in [0.25, 0.3) is 0 Å². The van der Waals surface area contributed by atoms with Crippen molar-refractivity contribution in [1.82, 2.24) is 0 Å². The lowest BCUT2D eigenvalue weighted by molar-refractivity contribution is -0.122. The number of Topliss-reactive ketones (excluding diaryl/α,β-unsaturated/α-hetero) is 1. The number of ether oxygens (including phenoxy) is 1. The summed E-state index contributed by atoms with van der Waals surface area (Å²) in [6.07, 6.45) is 4.56. The first kappa shape index (κ1) is 8.72. The highest BCUT2D eigenvalue weighted by molar-refractivity contribution is 5.78. The van der Waals surface area contributed by atoms with Crippen LogP contribution in [0.1, 0.15) is 32.6 Å². The van der Waals surface area contributed by atoms with E-state index in [9.17, 15) is 4.79 Å². The van der Waals surface area contributed by atoms with E-state index < -0.39 is 0 Å². The second-order valence-corrected chi connectivity index (χ2v) is 3.32. The van der Waals surface area contributed by atoms with Crippen molar-refractivity contribution in [2.75, 3.05) is 7.11 Å². The van der Waals surface area contributed by atoms with Crippen molar-refractivity contribution in [2.24, 2.45) is 5.92 Å². The lowest BCUT2D eigenvalue weighted by atomic mass is 9.85. The molecule has 11 heavy (non-hydrogen) atoms. The predicted molar refractivity (Wildman–Crippen MR) is 43.4 cm³/mol. The van der Waals surface area contributed by atoms with Crippen LogP contribution in [0.15, 0.2) is 0 Å². The molecule has 0 bridgehead atoms. The lowest BCUT2D eigenvalue weighted by Crippen LogP contribution is -2.23. The summed E-state index contributed by atoms with van der Waals surface area (Å²) in [7, 11) is 1.75. The van der Waals surface area contributed by atoms with Crippen LogP contribution in [-0.4, -0.2) is 19.0 Å². The maximum Gasteiger partial charge on any atom is 0.132 e. The van der Waals surface area contributed by atoms with Crippen LogP contribution >= 0.6 is 0 Å². The third-order valence-corrected chi connectivity index (χ3v) is 2.58. The van der Waals surface area contributed by atoms with Gasteiger partial charge >= 0.3 is 0 Å². The van der Waals surface area contributed by atoms with Gasteiger partial charge < -0.3 is 4.74 Å². The van der Waals surface area contributed by atoms with Crippen molar-refractivity contribution in [3.8, 4) is 0 Å². The third-order valence-electron chi connectivity index (χ3n) is 2.58. The molecular formula is C9H16O2. The monoisotopic (exact) mass is 156 g/mol. The van der Waals surface area contributed by atoms with Gasteiger partial charge in [0.05, 0.1) is 6.10 Å². The van der Waals surface area contributed by atoms with Crippen LogP contribution in [0.4, 0.5) is 0 Å². The maximum absolute atomic E-state index is 11.0. The summed E-state index contributed by atoms with van der Waals surface area (Å²) < 4.78 is 5.21. The number of rotatable bonds is 2. The molecule has 1 saturated carbocycles. The fourth-order valence-electron chi connectivity index (χ4n) is 1.71. The Morgan fingerprint density at radius 2 is 1.82 bits per heavy atom. The van der Waals surface area contributed by atoms with E-state index in [1.54, 1.807) is 14.0 Å². The Bertz CT molecular complexity index is 134. The first-order valence-corrected chi connectivity index (χ1v) is 4.27. The molecule has 1 rings (SSSR count). The zero-order valence-corrected chi connectivity index (χ0v) is 7.30. The Kier molecular flexibility index (Phi) is 3.06. The van der Waals surface area contributed by atoms with Crippen molar-refractivity contribution in [1.29, 1.82) is 0 Å². The van der Waals surface area contributed by atoms with Crippen molar-refractivity contribution in [2.45, 2.75) is 38.7 Å². The number of carbonyl (C=O) groups excluding carboxylic acids is 1. The molecule has 0 spiro atoms. The zero-order valence-electron chi connectivity index (χ0n) is 7.30. The van der Waals surface area contributed by atoms with E-state index in [-0.39, 0.29) is 0 Å². The second-order valence-electron chi connectivity index (χ2n) is 3.32. The minimum atomic E-state index is 0.321. The molecule has 0 N–H and O–H groups in total. The van der Waals surface area contributed by atoms with Crippen LogP contribution in [0.2, 0.25) is 0 Å². The maximum atomic E-state index is 11.0. The van der Waals surface area contributed by atoms with Gasteiger partial charge in [0.2, 0.25) is 0 Å². The number of ketones is 1. The molecule has 1 fully saturated rings. The summed E-state index contributed by atoms with van der Waals surface area (Å²) >= 11 is 0. The Balaban J connectivity index is 2.30. The van der Waals surface area contributed by atoms with Gasteiger partial charge in [0.15, 0.2) is 0 Å². The summed E-state index contributed by atoms with van der Waals surface area (Å²) in [6, 6.07) is 0. The highest BCUT2D eigenvalue weighted by atomic mass is 16.5. The standard InChI is InChI=1S/C9H16O2/c1-7(10)8-3-5-9(11-2)6-4-8/h8-9H,3-6H2,1-2H3. The third kappa shape index (κ3) is 2.29. The van der Waals surface area contributed by atoms with Crippen molar-refractivity contribution in [3.63, 3.8) is 0 Å². The number of carbonyl (C=O) groups is 1. The minimum absolute atomic E-state index is 0.321. The lowest BCUT2D eigenvalue weighted by Gasteiger charge is -2.25. The fourth-order valence-corrected chi connectivity index (χ4v) is 1.71. The zero-order chi connectivity index (χ0) is 8.27. The predicted octanol–water partition coefficient (Wildman–Crippen LogP) is 1.78. The molecule has 0 aromatic rings. The summed E-state index contributed by atoms with van der Waals surface area (Å²) in [6.45, 7) is 1.69. The molecule has 0 aromatic heterocycles. The molecule has 64 valence electrons. The quantitative estimate of drug-likeness (QED) is 0.609. The van der Waals surface area contributed by atoms with Crippen LogP contribution < -0.4 is 0 Å². The molecule has 0 saturated heterocycles. The van der Waals surface area contributed by atoms with E-state index in [1.165, 1.54) is 0 Å². The Labute approximate surface area is 67.9 Å². The highest BCUT2D eigenvalue weighted by Crippen LogP contribution is 2.26. The molecule has 1 aliphatic carbocycles. The van der Waals surface area contributed by atoms with Crippen molar-refractivity contribution >= 4 is 5.78 Å². The van der Waals surface area contributed by atoms with Crippen LogP contribution in [0.5, 0.6) is 0 Å². The van der Waals surface area contributed by atoms with Crippen LogP contribution in [0.3, 0.4) is 0 Å². The number of hydrogen-bond acceptors (Lipinski definition) is 2. The Morgan fingerprint density at radius 1 is 1.27 bits per heavy atom. The van der Waals surface area contributed by atoms with Crippen molar-refractivity contribution < 1.29 is 9.53 Å². The molecule has 1 aliphatic rings. The summed E-state index contributed by atoms with van der Waals surface area (Å²) in [5.41, 5.74) is 0. The molecule has 2 heteroatoms. The van der Waals surface area contributed by atoms with Gasteiger partial charge in [-0.15, -0.1) is 0 Å². The van der Waals surface area contributed by atoms with Gasteiger partial charge in [-0.05, 0) is 32.6 Å². The molecule has 0 heterocycles. The average Bonchev–Trinajstić information content (AvgIpc) is 2.05. The molecular weight excluding hydrogens is 140 g/mol. The SMILES string of the molecule is COC1CCC(C(C)=O)CC1. The average molecular weight is 156 g/mol. The molecule has 0 aromatic carbocycles. The normalized spacial score (nSPS) is 31.8. The Morgan fingerprint density at radius 3 is 2.18 bits per heavy atom. The van der Waals surface area contributed by atoms with Gasteiger partial charge in [0.25, 0.3) is 0 Å². The molecule has 0 aliphatic heterocycles. The molecule has 0 amide bonds. The van der Waals surface area contributed by atoms with Gasteiger partial charge in [-0.3, -0.25) is 4.79 Å². The van der Waals surface area contributed by atoms with E-state index in [0.717, 1.165) is 25.7 Å². The number of hydrogen-bond donors (Lipinski definition) is 0. The van der Waals surface area contributed by atoms with Gasteiger partial charge in [0.1, 0.15) is 5.78 Å². The fraction of sp³-hybridized carbons (Fsp3) is 0.889. The van der Waals surface area contributed by atoms with E-state index in [2.05, 4.69) is 0 Å². The van der Waals surface area contributed by atoms with E-state index in [1.807, 2.05) is 0 Å². The number of methoxy groups -OCH3 is 1. The van der Waals surface area contributed by atoms with Gasteiger partial charge in [-0.25, -0.2) is 0 Å². The van der Waals surface area contributed by atoms with Gasteiger partial charge in [0, 0.05) is 13.0 Å². The first-order valence-electron chi connectivity index (χ1n) is 4.27. The summed E-state index contributed by atoms with van der Waals surface area (Å²) in [5.74, 6) is 0.668. The van der Waals surface area contributed by atoms with Crippen LogP contribution in [-0.2, 0) is 9.53 Å². The largest absolute Gasteiger partial charge is 0.381 e. The molecule has 0 radical (unpaired) electrons. The van der Waals surface area contributed by atoms with E-state index in [0.29, 0.717) is 17.8 Å². The Hall–Kier alpha value is -0.370. The van der Waals surface area contributed by atoms with E-state index >= 15 is 0 Å². The van der Waals surface area contributed by atoms with Gasteiger partial charge in [-0.2, -0.15) is 0 Å². The molecule has 0 atom stereocenters. The second kappa shape index (κ2) is 3.86. The molecule has 2 nitrogen and oxygen atoms in total. The first-order chi connectivity index (χ1) is 5.24. The topological polar surface area (TPSA) is 26.3 Å². The van der Waals surface area contributed by atoms with Crippen LogP contribution in [0, 0.1) is 5.92 Å². The smallest absolute Gasteiger partial charge is 0.132 e.